The number of ketones is 1. The van der Waals surface area contributed by atoms with E-state index in [1.165, 1.54) is 11.8 Å². The molecular weight excluding hydrogens is 472 g/mol. The van der Waals surface area contributed by atoms with Gasteiger partial charge in [-0.3, -0.25) is 19.3 Å². The minimum atomic E-state index is -0.896. The van der Waals surface area contributed by atoms with E-state index >= 15 is 0 Å². The smallest absolute Gasteiger partial charge is 0.300 e. The lowest BCUT2D eigenvalue weighted by atomic mass is 9.95. The number of Topliss-reactive ketones (excluding diaryl/α,β-unsaturated/α-hetero) is 1. The Labute approximate surface area is 215 Å². The summed E-state index contributed by atoms with van der Waals surface area (Å²) >= 11 is 0. The van der Waals surface area contributed by atoms with Crippen LogP contribution in [0.2, 0.25) is 0 Å². The van der Waals surface area contributed by atoms with Gasteiger partial charge in [0.25, 0.3) is 11.7 Å². The number of hydrogen-bond acceptors (Lipinski definition) is 6. The van der Waals surface area contributed by atoms with E-state index in [-0.39, 0.29) is 23.3 Å². The molecule has 1 heterocycles. The highest BCUT2D eigenvalue weighted by molar-refractivity contribution is 6.51. The van der Waals surface area contributed by atoms with Gasteiger partial charge in [-0.1, -0.05) is 24.3 Å². The van der Waals surface area contributed by atoms with Crippen LogP contribution in [0.25, 0.3) is 5.76 Å². The number of methoxy groups -OCH3 is 1. The number of carbonyl (C=O) groups is 3. The molecule has 0 saturated carbocycles. The maximum atomic E-state index is 13.4. The van der Waals surface area contributed by atoms with Crippen molar-refractivity contribution >= 4 is 34.7 Å². The van der Waals surface area contributed by atoms with Crippen LogP contribution < -0.4 is 19.7 Å². The molecule has 1 atom stereocenters. The second-order valence-corrected chi connectivity index (χ2v) is 8.86. The van der Waals surface area contributed by atoms with E-state index in [1.807, 2.05) is 13.8 Å². The van der Waals surface area contributed by atoms with Gasteiger partial charge in [-0.2, -0.15) is 0 Å². The molecule has 3 aromatic carbocycles. The lowest BCUT2D eigenvalue weighted by Crippen LogP contribution is -2.29. The van der Waals surface area contributed by atoms with Crippen molar-refractivity contribution in [3.63, 3.8) is 0 Å². The summed E-state index contributed by atoms with van der Waals surface area (Å²) in [4.78, 5) is 39.5. The number of hydrogen-bond donors (Lipinski definition) is 2. The number of benzene rings is 3. The number of carbonyl (C=O) groups excluding carboxylic acids is 3. The predicted molar refractivity (Wildman–Crippen MR) is 141 cm³/mol. The van der Waals surface area contributed by atoms with Gasteiger partial charge in [0, 0.05) is 23.9 Å². The highest BCUT2D eigenvalue weighted by Crippen LogP contribution is 2.43. The fraction of sp³-hybridized carbons (Fsp3) is 0.207. The molecule has 2 amide bonds. The van der Waals surface area contributed by atoms with Gasteiger partial charge in [0.15, 0.2) is 0 Å². The largest absolute Gasteiger partial charge is 0.507 e. The van der Waals surface area contributed by atoms with Crippen molar-refractivity contribution in [2.24, 2.45) is 0 Å². The van der Waals surface area contributed by atoms with Gasteiger partial charge in [-0.25, -0.2) is 0 Å². The number of amides is 2. The lowest BCUT2D eigenvalue weighted by molar-refractivity contribution is -0.132. The molecule has 0 bridgehead atoms. The minimum Gasteiger partial charge on any atom is -0.507 e. The van der Waals surface area contributed by atoms with Crippen molar-refractivity contribution < 1.29 is 29.0 Å². The summed E-state index contributed by atoms with van der Waals surface area (Å²) < 4.78 is 11.0. The minimum absolute atomic E-state index is 0.0391. The number of aliphatic hydroxyl groups excluding tert-OH is 1. The van der Waals surface area contributed by atoms with E-state index in [0.717, 1.165) is 0 Å². The quantitative estimate of drug-likeness (QED) is 0.267. The third-order valence-corrected chi connectivity index (χ3v) is 5.82. The first-order chi connectivity index (χ1) is 17.7. The molecule has 0 radical (unpaired) electrons. The van der Waals surface area contributed by atoms with E-state index in [1.54, 1.807) is 79.9 Å². The number of aliphatic hydroxyl groups is 1. The Morgan fingerprint density at radius 3 is 2.24 bits per heavy atom. The normalized spacial score (nSPS) is 16.7. The molecule has 1 aliphatic rings. The second-order valence-electron chi connectivity index (χ2n) is 8.86. The SMILES string of the molecule is COc1ccc(C2/C(=C(/O)c3cccc(OC(C)C)c3)C(=O)C(=O)N2c2ccc(NC(C)=O)cc2)cc1. The first kappa shape index (κ1) is 25.5. The van der Waals surface area contributed by atoms with Crippen molar-refractivity contribution in [2.75, 3.05) is 17.3 Å². The van der Waals surface area contributed by atoms with Crippen LogP contribution in [-0.4, -0.2) is 35.9 Å². The van der Waals surface area contributed by atoms with Crippen molar-refractivity contribution in [1.82, 2.24) is 0 Å². The van der Waals surface area contributed by atoms with Crippen molar-refractivity contribution in [3.8, 4) is 11.5 Å². The molecule has 1 aliphatic heterocycles. The zero-order valence-corrected chi connectivity index (χ0v) is 21.0. The fourth-order valence-corrected chi connectivity index (χ4v) is 4.25. The first-order valence-electron chi connectivity index (χ1n) is 11.8. The Hall–Kier alpha value is -4.59. The zero-order valence-electron chi connectivity index (χ0n) is 21.0. The second kappa shape index (κ2) is 10.6. The van der Waals surface area contributed by atoms with Gasteiger partial charge in [-0.15, -0.1) is 0 Å². The van der Waals surface area contributed by atoms with Crippen LogP contribution in [0, 0.1) is 0 Å². The number of rotatable bonds is 7. The van der Waals surface area contributed by atoms with Crippen molar-refractivity contribution in [3.05, 3.63) is 89.5 Å². The molecule has 37 heavy (non-hydrogen) atoms. The first-order valence-corrected chi connectivity index (χ1v) is 11.8. The van der Waals surface area contributed by atoms with E-state index in [2.05, 4.69) is 5.32 Å². The molecule has 1 unspecified atom stereocenters. The van der Waals surface area contributed by atoms with Crippen LogP contribution in [0.1, 0.15) is 37.9 Å². The molecule has 0 aliphatic carbocycles. The predicted octanol–water partition coefficient (Wildman–Crippen LogP) is 5.07. The average Bonchev–Trinajstić information content (AvgIpc) is 3.14. The average molecular weight is 501 g/mol. The molecule has 4 rings (SSSR count). The standard InChI is InChI=1S/C29H28N2O6/c1-17(2)37-24-7-5-6-20(16-24)27(33)25-26(19-8-14-23(36-4)15-9-19)31(29(35)28(25)34)22-12-10-21(11-13-22)30-18(3)32/h5-17,26,33H,1-4H3,(H,30,32)/b27-25-. The summed E-state index contributed by atoms with van der Waals surface area (Å²) in [5.74, 6) is -0.966. The van der Waals surface area contributed by atoms with Crippen molar-refractivity contribution in [1.29, 1.82) is 0 Å². The molecule has 8 nitrogen and oxygen atoms in total. The van der Waals surface area contributed by atoms with Crippen LogP contribution in [0.4, 0.5) is 11.4 Å². The molecule has 1 saturated heterocycles. The number of anilines is 2. The Kier molecular flexibility index (Phi) is 7.29. The van der Waals surface area contributed by atoms with Crippen LogP contribution in [0.15, 0.2) is 78.4 Å². The molecule has 2 N–H and O–H groups in total. The molecule has 0 aromatic heterocycles. The van der Waals surface area contributed by atoms with E-state index < -0.39 is 17.7 Å². The van der Waals surface area contributed by atoms with Gasteiger partial charge >= 0.3 is 0 Å². The number of nitrogens with one attached hydrogen (secondary N) is 1. The summed E-state index contributed by atoms with van der Waals surface area (Å²) in [7, 11) is 1.55. The molecule has 0 spiro atoms. The van der Waals surface area contributed by atoms with Gasteiger partial charge in [-0.05, 0) is 67.9 Å². The Morgan fingerprint density at radius 1 is 0.973 bits per heavy atom. The molecule has 3 aromatic rings. The highest BCUT2D eigenvalue weighted by atomic mass is 16.5. The monoisotopic (exact) mass is 500 g/mol. The Morgan fingerprint density at radius 2 is 1.65 bits per heavy atom. The summed E-state index contributed by atoms with van der Waals surface area (Å²) in [6.45, 7) is 5.18. The lowest BCUT2D eigenvalue weighted by Gasteiger charge is -2.26. The summed E-state index contributed by atoms with van der Waals surface area (Å²) in [5, 5.41) is 14.0. The van der Waals surface area contributed by atoms with Gasteiger partial charge in [0.05, 0.1) is 24.8 Å². The molecular formula is C29H28N2O6. The van der Waals surface area contributed by atoms with Gasteiger partial charge < -0.3 is 19.9 Å². The van der Waals surface area contributed by atoms with Crippen molar-refractivity contribution in [2.45, 2.75) is 32.9 Å². The van der Waals surface area contributed by atoms with Crippen LogP contribution in [0.5, 0.6) is 11.5 Å². The van der Waals surface area contributed by atoms with Crippen LogP contribution >= 0.6 is 0 Å². The third kappa shape index (κ3) is 5.33. The summed E-state index contributed by atoms with van der Waals surface area (Å²) in [6, 6.07) is 19.4. The van der Waals surface area contributed by atoms with E-state index in [0.29, 0.717) is 34.0 Å². The zero-order chi connectivity index (χ0) is 26.7. The Balaban J connectivity index is 1.85. The van der Waals surface area contributed by atoms with Gasteiger partial charge in [0.2, 0.25) is 5.91 Å². The maximum absolute atomic E-state index is 13.4. The maximum Gasteiger partial charge on any atom is 0.300 e. The highest BCUT2D eigenvalue weighted by Gasteiger charge is 2.47. The number of nitrogens with zero attached hydrogens (tertiary/aromatic N) is 1. The van der Waals surface area contributed by atoms with Gasteiger partial charge in [0.1, 0.15) is 17.3 Å². The fourth-order valence-electron chi connectivity index (χ4n) is 4.25. The third-order valence-electron chi connectivity index (χ3n) is 5.82. The summed E-state index contributed by atoms with van der Waals surface area (Å²) in [5.41, 5.74) is 1.92. The van der Waals surface area contributed by atoms with E-state index in [9.17, 15) is 19.5 Å². The van der Waals surface area contributed by atoms with Crippen LogP contribution in [-0.2, 0) is 14.4 Å². The summed E-state index contributed by atoms with van der Waals surface area (Å²) in [6.07, 6.45) is -0.0808. The molecule has 8 heteroatoms. The molecule has 1 fully saturated rings. The van der Waals surface area contributed by atoms with Crippen LogP contribution in [0.3, 0.4) is 0 Å². The van der Waals surface area contributed by atoms with E-state index in [4.69, 9.17) is 9.47 Å². The number of ether oxygens (including phenoxy) is 2. The topological polar surface area (TPSA) is 105 Å². The molecule has 190 valence electrons. The Bertz CT molecular complexity index is 1360.